The summed E-state index contributed by atoms with van der Waals surface area (Å²) in [5, 5.41) is 5.67. The van der Waals surface area contributed by atoms with E-state index in [0.717, 1.165) is 16.7 Å². The van der Waals surface area contributed by atoms with Crippen LogP contribution in [0.5, 0.6) is 0 Å². The molecule has 1 saturated heterocycles. The molecule has 0 spiro atoms. The van der Waals surface area contributed by atoms with Gasteiger partial charge < -0.3 is 53.3 Å². The highest BCUT2D eigenvalue weighted by Crippen LogP contribution is 2.29. The van der Waals surface area contributed by atoms with E-state index in [1.807, 2.05) is 112 Å². The molecule has 1 aliphatic rings. The number of carbonyl (C=O) groups excluding carboxylic acids is 2. The van der Waals surface area contributed by atoms with Crippen molar-refractivity contribution in [1.29, 1.82) is 0 Å². The van der Waals surface area contributed by atoms with Gasteiger partial charge in [0.25, 0.3) is 0 Å². The average Bonchev–Trinajstić information content (AvgIpc) is 3.16. The first-order valence-electron chi connectivity index (χ1n) is 18.8. The lowest BCUT2D eigenvalue weighted by atomic mass is 9.95. The minimum Gasteiger partial charge on any atom is -0.444 e. The molecule has 1 heterocycles. The minimum absolute atomic E-state index is 0.188. The molecular formula is C42H58N2O11. The number of carbonyl (C=O) groups is 2. The van der Waals surface area contributed by atoms with E-state index in [1.54, 1.807) is 0 Å². The summed E-state index contributed by atoms with van der Waals surface area (Å²) >= 11 is 0. The predicted octanol–water partition coefficient (Wildman–Crippen LogP) is 5.19. The van der Waals surface area contributed by atoms with Crippen molar-refractivity contribution in [2.75, 3.05) is 59.4 Å². The van der Waals surface area contributed by atoms with Crippen LogP contribution in [0, 0.1) is 0 Å². The summed E-state index contributed by atoms with van der Waals surface area (Å²) in [4.78, 5) is 24.3. The molecule has 1 fully saturated rings. The smallest absolute Gasteiger partial charge is 0.407 e. The molecule has 0 unspecified atom stereocenters. The van der Waals surface area contributed by atoms with E-state index in [-0.39, 0.29) is 32.3 Å². The lowest BCUT2D eigenvalue weighted by Gasteiger charge is -2.46. The van der Waals surface area contributed by atoms with E-state index in [1.165, 1.54) is 6.92 Å². The van der Waals surface area contributed by atoms with Gasteiger partial charge in [0.2, 0.25) is 5.91 Å². The number of nitrogens with one attached hydrogen (secondary N) is 2. The molecule has 0 radical (unpaired) electrons. The average molecular weight is 767 g/mol. The Morgan fingerprint density at radius 3 is 1.64 bits per heavy atom. The third-order valence-electron chi connectivity index (χ3n) is 8.15. The van der Waals surface area contributed by atoms with Gasteiger partial charge in [-0.2, -0.15) is 0 Å². The summed E-state index contributed by atoms with van der Waals surface area (Å²) in [6, 6.07) is 28.9. The van der Waals surface area contributed by atoms with Crippen LogP contribution in [0.2, 0.25) is 0 Å². The Morgan fingerprint density at radius 1 is 0.618 bits per heavy atom. The molecule has 302 valence electrons. The Kier molecular flexibility index (Phi) is 19.6. The van der Waals surface area contributed by atoms with Crippen LogP contribution in [0.1, 0.15) is 44.4 Å². The Balaban J connectivity index is 1.31. The van der Waals surface area contributed by atoms with Crippen LogP contribution in [0.25, 0.3) is 0 Å². The zero-order valence-electron chi connectivity index (χ0n) is 32.5. The van der Waals surface area contributed by atoms with Crippen molar-refractivity contribution in [3.05, 3.63) is 108 Å². The molecule has 4 rings (SSSR count). The molecule has 13 nitrogen and oxygen atoms in total. The molecule has 3 aromatic rings. The summed E-state index contributed by atoms with van der Waals surface area (Å²) in [5.74, 6) is -0.257. The van der Waals surface area contributed by atoms with Crippen molar-refractivity contribution >= 4 is 12.0 Å². The number of benzene rings is 3. The Bertz CT molecular complexity index is 1480. The quantitative estimate of drug-likeness (QED) is 0.116. The monoisotopic (exact) mass is 766 g/mol. The highest BCUT2D eigenvalue weighted by Gasteiger charge is 2.48. The van der Waals surface area contributed by atoms with Gasteiger partial charge in [0.05, 0.1) is 72.7 Å². The van der Waals surface area contributed by atoms with Crippen molar-refractivity contribution < 1.29 is 52.2 Å². The number of ether oxygens (including phenoxy) is 9. The van der Waals surface area contributed by atoms with Crippen LogP contribution >= 0.6 is 0 Å². The lowest BCUT2D eigenvalue weighted by molar-refractivity contribution is -0.292. The second kappa shape index (κ2) is 24.6. The normalized spacial score (nSPS) is 19.8. The highest BCUT2D eigenvalue weighted by molar-refractivity contribution is 5.73. The maximum Gasteiger partial charge on any atom is 0.407 e. The van der Waals surface area contributed by atoms with E-state index in [2.05, 4.69) is 10.6 Å². The number of hydrogen-bond donors (Lipinski definition) is 2. The van der Waals surface area contributed by atoms with Crippen LogP contribution < -0.4 is 10.6 Å². The second-order valence-electron chi connectivity index (χ2n) is 13.9. The van der Waals surface area contributed by atoms with Crippen molar-refractivity contribution in [2.24, 2.45) is 0 Å². The zero-order valence-corrected chi connectivity index (χ0v) is 32.5. The number of hydrogen-bond acceptors (Lipinski definition) is 11. The van der Waals surface area contributed by atoms with Crippen molar-refractivity contribution in [1.82, 2.24) is 10.6 Å². The fraction of sp³-hybridized carbons (Fsp3) is 0.524. The standard InChI is InChI=1S/C42H58N2O11/c1-32(45)44-37-39(53-30-35-18-12-7-13-19-35)38(52-29-34-16-10-6-11-17-34)36(31-50-28-33-14-8-5-9-15-33)54-40(37)51-27-26-49-25-24-48-23-22-47-21-20-43-41(46)55-42(2,3)4/h5-19,36-40H,20-31H2,1-4H3,(H,43,46)(H,44,45)/t36-,37-,38+,39-,40+/m1/s1. The number of amides is 2. The first-order valence-corrected chi connectivity index (χ1v) is 18.8. The maximum absolute atomic E-state index is 12.6. The Morgan fingerprint density at radius 2 is 1.11 bits per heavy atom. The van der Waals surface area contributed by atoms with Gasteiger partial charge in [-0.05, 0) is 37.5 Å². The van der Waals surface area contributed by atoms with Gasteiger partial charge in [-0.15, -0.1) is 0 Å². The summed E-state index contributed by atoms with van der Waals surface area (Å²) < 4.78 is 54.2. The van der Waals surface area contributed by atoms with Gasteiger partial charge in [-0.3, -0.25) is 4.79 Å². The van der Waals surface area contributed by atoms with E-state index in [0.29, 0.717) is 52.8 Å². The first-order chi connectivity index (χ1) is 26.7. The molecule has 1 aliphatic heterocycles. The molecular weight excluding hydrogens is 708 g/mol. The van der Waals surface area contributed by atoms with Crippen molar-refractivity contribution in [2.45, 2.75) is 83.8 Å². The molecule has 0 bridgehead atoms. The molecule has 5 atom stereocenters. The molecule has 0 aromatic heterocycles. The summed E-state index contributed by atoms with van der Waals surface area (Å²) in [6.07, 6.45) is -3.21. The maximum atomic E-state index is 12.6. The lowest BCUT2D eigenvalue weighted by Crippen LogP contribution is -2.66. The molecule has 3 aromatic carbocycles. The van der Waals surface area contributed by atoms with Crippen LogP contribution in [0.4, 0.5) is 4.79 Å². The van der Waals surface area contributed by atoms with Crippen molar-refractivity contribution in [3.8, 4) is 0 Å². The second-order valence-corrected chi connectivity index (χ2v) is 13.9. The van der Waals surface area contributed by atoms with E-state index >= 15 is 0 Å². The molecule has 55 heavy (non-hydrogen) atoms. The van der Waals surface area contributed by atoms with Gasteiger partial charge in [-0.1, -0.05) is 91.0 Å². The molecule has 0 saturated carbocycles. The third-order valence-corrected chi connectivity index (χ3v) is 8.15. The SMILES string of the molecule is CC(=O)N[C@H]1[C@@H](OCCOCCOCCOCCNC(=O)OC(C)(C)C)O[C@H](COCc2ccccc2)[C@H](OCc2ccccc2)[C@@H]1OCc1ccccc1. The number of alkyl carbamates (subject to hydrolysis) is 1. The van der Waals surface area contributed by atoms with Gasteiger partial charge in [0.1, 0.15) is 30.0 Å². The summed E-state index contributed by atoms with van der Waals surface area (Å²) in [6.45, 7) is 10.7. The van der Waals surface area contributed by atoms with E-state index < -0.39 is 42.3 Å². The molecule has 13 heteroatoms. The molecule has 2 amide bonds. The van der Waals surface area contributed by atoms with Crippen LogP contribution in [-0.2, 0) is 67.2 Å². The van der Waals surface area contributed by atoms with E-state index in [9.17, 15) is 9.59 Å². The fourth-order valence-electron chi connectivity index (χ4n) is 5.67. The first kappa shape index (κ1) is 43.8. The van der Waals surface area contributed by atoms with Gasteiger partial charge in [0, 0.05) is 13.5 Å². The van der Waals surface area contributed by atoms with E-state index in [4.69, 9.17) is 42.6 Å². The number of rotatable bonds is 24. The zero-order chi connectivity index (χ0) is 39.1. The van der Waals surface area contributed by atoms with Crippen molar-refractivity contribution in [3.63, 3.8) is 0 Å². The van der Waals surface area contributed by atoms with Crippen LogP contribution in [-0.4, -0.2) is 108 Å². The van der Waals surface area contributed by atoms with Gasteiger partial charge in [-0.25, -0.2) is 4.79 Å². The van der Waals surface area contributed by atoms with Crippen LogP contribution in [0.15, 0.2) is 91.0 Å². The Hall–Kier alpha value is -3.92. The largest absolute Gasteiger partial charge is 0.444 e. The fourth-order valence-corrected chi connectivity index (χ4v) is 5.67. The van der Waals surface area contributed by atoms with Crippen LogP contribution in [0.3, 0.4) is 0 Å². The minimum atomic E-state index is -0.881. The topological polar surface area (TPSA) is 141 Å². The molecule has 0 aliphatic carbocycles. The third kappa shape index (κ3) is 17.6. The highest BCUT2D eigenvalue weighted by atomic mass is 16.7. The Labute approximate surface area is 325 Å². The molecule has 2 N–H and O–H groups in total. The summed E-state index contributed by atoms with van der Waals surface area (Å²) in [7, 11) is 0. The van der Waals surface area contributed by atoms with Gasteiger partial charge >= 0.3 is 6.09 Å². The predicted molar refractivity (Wildman–Crippen MR) is 205 cm³/mol. The summed E-state index contributed by atoms with van der Waals surface area (Å²) in [5.41, 5.74) is 2.45. The van der Waals surface area contributed by atoms with Gasteiger partial charge in [0.15, 0.2) is 6.29 Å².